The lowest BCUT2D eigenvalue weighted by molar-refractivity contribution is -0.116. The molecule has 2 atom stereocenters. The predicted octanol–water partition coefficient (Wildman–Crippen LogP) is 2.39. The second kappa shape index (κ2) is 6.19. The third-order valence-corrected chi connectivity index (χ3v) is 4.74. The average molecular weight is 265 g/mol. The van der Waals surface area contributed by atoms with Gasteiger partial charge in [0.05, 0.1) is 5.60 Å². The molecule has 0 heterocycles. The molecule has 3 heteroatoms. The molecule has 0 aromatic carbocycles. The molecule has 0 aromatic rings. The number of aliphatic hydroxyl groups is 1. The summed E-state index contributed by atoms with van der Waals surface area (Å²) in [5.41, 5.74) is -0.530. The summed E-state index contributed by atoms with van der Waals surface area (Å²) in [6.07, 6.45) is 10.7. The molecule has 2 aliphatic rings. The summed E-state index contributed by atoms with van der Waals surface area (Å²) in [5.74, 6) is 0.839. The Hall–Kier alpha value is -0.670. The maximum atomic E-state index is 11.3. The van der Waals surface area contributed by atoms with Gasteiger partial charge in [-0.25, -0.2) is 0 Å². The van der Waals surface area contributed by atoms with Gasteiger partial charge in [-0.15, -0.1) is 0 Å². The zero-order valence-electron chi connectivity index (χ0n) is 12.3. The van der Waals surface area contributed by atoms with Crippen molar-refractivity contribution in [3.05, 3.63) is 12.2 Å². The van der Waals surface area contributed by atoms with Crippen molar-refractivity contribution < 1.29 is 9.90 Å². The number of carbonyl (C=O) groups is 1. The number of carbonyl (C=O) groups excluding carboxylic acids is 1. The molecule has 0 bridgehead atoms. The van der Waals surface area contributed by atoms with E-state index >= 15 is 0 Å². The monoisotopic (exact) mass is 265 g/mol. The van der Waals surface area contributed by atoms with Gasteiger partial charge in [0, 0.05) is 18.9 Å². The van der Waals surface area contributed by atoms with Crippen LogP contribution in [-0.2, 0) is 4.79 Å². The lowest BCUT2D eigenvalue weighted by Gasteiger charge is -2.44. The van der Waals surface area contributed by atoms with Crippen LogP contribution in [0.4, 0.5) is 0 Å². The lowest BCUT2D eigenvalue weighted by Crippen LogP contribution is -2.48. The third-order valence-electron chi connectivity index (χ3n) is 4.74. The maximum absolute atomic E-state index is 11.3. The van der Waals surface area contributed by atoms with E-state index in [0.717, 1.165) is 38.6 Å². The highest BCUT2D eigenvalue weighted by atomic mass is 16.3. The smallest absolute Gasteiger partial charge is 0.155 e. The van der Waals surface area contributed by atoms with Gasteiger partial charge in [0.15, 0.2) is 5.78 Å². The highest BCUT2D eigenvalue weighted by Crippen LogP contribution is 2.40. The van der Waals surface area contributed by atoms with Crippen LogP contribution in [0.1, 0.15) is 44.9 Å². The highest BCUT2D eigenvalue weighted by Gasteiger charge is 2.41. The number of hydrogen-bond acceptors (Lipinski definition) is 3. The Balaban J connectivity index is 2.15. The largest absolute Gasteiger partial charge is 0.390 e. The maximum Gasteiger partial charge on any atom is 0.155 e. The Kier molecular flexibility index (Phi) is 4.80. The molecule has 0 spiro atoms. The van der Waals surface area contributed by atoms with E-state index in [1.54, 1.807) is 6.08 Å². The highest BCUT2D eigenvalue weighted by molar-refractivity contribution is 5.90. The van der Waals surface area contributed by atoms with Crippen molar-refractivity contribution in [1.82, 2.24) is 4.90 Å². The van der Waals surface area contributed by atoms with Crippen molar-refractivity contribution >= 4 is 5.78 Å². The van der Waals surface area contributed by atoms with E-state index in [2.05, 4.69) is 19.0 Å². The minimum atomic E-state index is -0.530. The summed E-state index contributed by atoms with van der Waals surface area (Å²) in [7, 11) is 4.13. The van der Waals surface area contributed by atoms with Crippen molar-refractivity contribution in [2.45, 2.75) is 50.5 Å². The summed E-state index contributed by atoms with van der Waals surface area (Å²) in [6.45, 7) is 0.902. The van der Waals surface area contributed by atoms with Gasteiger partial charge in [-0.05, 0) is 45.4 Å². The number of ketones is 1. The second-order valence-corrected chi connectivity index (χ2v) is 6.56. The van der Waals surface area contributed by atoms with Crippen molar-refractivity contribution in [1.29, 1.82) is 0 Å². The van der Waals surface area contributed by atoms with Gasteiger partial charge in [0.1, 0.15) is 0 Å². The summed E-state index contributed by atoms with van der Waals surface area (Å²) < 4.78 is 0. The zero-order chi connectivity index (χ0) is 13.9. The minimum Gasteiger partial charge on any atom is -0.390 e. The molecule has 0 aliphatic heterocycles. The minimum absolute atomic E-state index is 0.232. The molecule has 3 nitrogen and oxygen atoms in total. The SMILES string of the molecule is CN(C)CC(C1C=CC(=O)CC1)C1(O)CCCCC1. The van der Waals surface area contributed by atoms with Crippen LogP contribution in [0.5, 0.6) is 0 Å². The van der Waals surface area contributed by atoms with E-state index in [1.165, 1.54) is 6.42 Å². The molecule has 2 unspecified atom stereocenters. The molecule has 0 aromatic heterocycles. The molecule has 1 saturated carbocycles. The van der Waals surface area contributed by atoms with Gasteiger partial charge in [0.2, 0.25) is 0 Å². The summed E-state index contributed by atoms with van der Waals surface area (Å²) in [4.78, 5) is 13.5. The fourth-order valence-corrected chi connectivity index (χ4v) is 3.69. The second-order valence-electron chi connectivity index (χ2n) is 6.56. The first-order valence-corrected chi connectivity index (χ1v) is 7.59. The van der Waals surface area contributed by atoms with Crippen molar-refractivity contribution in [2.75, 3.05) is 20.6 Å². The van der Waals surface area contributed by atoms with E-state index in [4.69, 9.17) is 0 Å². The fourth-order valence-electron chi connectivity index (χ4n) is 3.69. The van der Waals surface area contributed by atoms with E-state index in [1.807, 2.05) is 6.08 Å². The Labute approximate surface area is 116 Å². The molecule has 19 heavy (non-hydrogen) atoms. The summed E-state index contributed by atoms with van der Waals surface area (Å²) in [6, 6.07) is 0. The average Bonchev–Trinajstić information content (AvgIpc) is 2.38. The number of rotatable bonds is 4. The normalized spacial score (nSPS) is 28.6. The molecule has 108 valence electrons. The van der Waals surface area contributed by atoms with E-state index in [0.29, 0.717) is 12.3 Å². The van der Waals surface area contributed by atoms with Gasteiger partial charge >= 0.3 is 0 Å². The standard InChI is InChI=1S/C16H27NO2/c1-17(2)12-15(13-6-8-14(18)9-7-13)16(19)10-4-3-5-11-16/h6,8,13,15,19H,3-5,7,9-12H2,1-2H3. The van der Waals surface area contributed by atoms with Crippen LogP contribution in [0, 0.1) is 11.8 Å². The van der Waals surface area contributed by atoms with Crippen LogP contribution in [0.15, 0.2) is 12.2 Å². The summed E-state index contributed by atoms with van der Waals surface area (Å²) >= 11 is 0. The quantitative estimate of drug-likeness (QED) is 0.848. The Morgan fingerprint density at radius 3 is 2.58 bits per heavy atom. The van der Waals surface area contributed by atoms with Gasteiger partial charge in [-0.3, -0.25) is 4.79 Å². The molecule has 0 amide bonds. The third kappa shape index (κ3) is 3.67. The van der Waals surface area contributed by atoms with Crippen molar-refractivity contribution in [3.63, 3.8) is 0 Å². The molecular weight excluding hydrogens is 238 g/mol. The van der Waals surface area contributed by atoms with Crippen LogP contribution < -0.4 is 0 Å². The molecule has 2 aliphatic carbocycles. The van der Waals surface area contributed by atoms with Crippen molar-refractivity contribution in [3.8, 4) is 0 Å². The number of allylic oxidation sites excluding steroid dienone is 2. The first-order valence-electron chi connectivity index (χ1n) is 7.59. The Bertz CT molecular complexity index is 343. The van der Waals surface area contributed by atoms with E-state index < -0.39 is 5.60 Å². The van der Waals surface area contributed by atoms with Gasteiger partial charge in [0.25, 0.3) is 0 Å². The Morgan fingerprint density at radius 2 is 2.05 bits per heavy atom. The first kappa shape index (κ1) is 14.7. The molecular formula is C16H27NO2. The fraction of sp³-hybridized carbons (Fsp3) is 0.812. The van der Waals surface area contributed by atoms with E-state index in [-0.39, 0.29) is 11.7 Å². The number of nitrogens with zero attached hydrogens (tertiary/aromatic N) is 1. The van der Waals surface area contributed by atoms with Crippen LogP contribution in [0.2, 0.25) is 0 Å². The molecule has 0 radical (unpaired) electrons. The van der Waals surface area contributed by atoms with Crippen LogP contribution in [-0.4, -0.2) is 42.0 Å². The molecule has 2 rings (SSSR count). The predicted molar refractivity (Wildman–Crippen MR) is 76.9 cm³/mol. The van der Waals surface area contributed by atoms with Crippen molar-refractivity contribution in [2.24, 2.45) is 11.8 Å². The van der Waals surface area contributed by atoms with Gasteiger partial charge < -0.3 is 10.0 Å². The van der Waals surface area contributed by atoms with Gasteiger partial charge in [-0.2, -0.15) is 0 Å². The lowest BCUT2D eigenvalue weighted by atomic mass is 9.68. The number of hydrogen-bond donors (Lipinski definition) is 1. The molecule has 0 saturated heterocycles. The van der Waals surface area contributed by atoms with E-state index in [9.17, 15) is 9.90 Å². The van der Waals surface area contributed by atoms with Crippen LogP contribution >= 0.6 is 0 Å². The topological polar surface area (TPSA) is 40.5 Å². The summed E-state index contributed by atoms with van der Waals surface area (Å²) in [5, 5.41) is 11.1. The van der Waals surface area contributed by atoms with Crippen LogP contribution in [0.3, 0.4) is 0 Å². The Morgan fingerprint density at radius 1 is 1.37 bits per heavy atom. The van der Waals surface area contributed by atoms with Gasteiger partial charge in [-0.1, -0.05) is 25.3 Å². The van der Waals surface area contributed by atoms with Crippen LogP contribution in [0.25, 0.3) is 0 Å². The first-order chi connectivity index (χ1) is 9.01. The zero-order valence-corrected chi connectivity index (χ0v) is 12.3. The molecule has 1 N–H and O–H groups in total. The molecule has 1 fully saturated rings.